The minimum Gasteiger partial charge on any atom is -0.316 e. The number of nitrogens with one attached hydrogen (secondary N) is 1. The number of hydrogen-bond donors (Lipinski definition) is 1. The van der Waals surface area contributed by atoms with E-state index in [-0.39, 0.29) is 0 Å². The molecule has 0 aromatic heterocycles. The maximum Gasteiger partial charge on any atom is 0.152 e. The van der Waals surface area contributed by atoms with E-state index in [9.17, 15) is 8.42 Å². The topological polar surface area (TPSA) is 49.4 Å². The van der Waals surface area contributed by atoms with Crippen molar-refractivity contribution in [2.24, 2.45) is 5.92 Å². The lowest BCUT2D eigenvalue weighted by Gasteiger charge is -2.26. The van der Waals surface area contributed by atoms with Crippen LogP contribution in [0.25, 0.3) is 0 Å². The molecule has 0 atom stereocenters. The van der Waals surface area contributed by atoms with Crippen LogP contribution in [0.1, 0.15) is 26.7 Å². The summed E-state index contributed by atoms with van der Waals surface area (Å²) in [6, 6.07) is 0. The van der Waals surface area contributed by atoms with Crippen LogP contribution in [-0.2, 0) is 9.84 Å². The highest BCUT2D eigenvalue weighted by atomic mass is 32.2. The lowest BCUT2D eigenvalue weighted by atomic mass is 10.2. The van der Waals surface area contributed by atoms with Gasteiger partial charge in [0.1, 0.15) is 0 Å². The molecule has 0 aliphatic carbocycles. The van der Waals surface area contributed by atoms with E-state index in [1.807, 2.05) is 0 Å². The summed E-state index contributed by atoms with van der Waals surface area (Å²) in [6.45, 7) is 9.07. The van der Waals surface area contributed by atoms with Crippen LogP contribution in [0.2, 0.25) is 0 Å². The number of hydrogen-bond acceptors (Lipinski definition) is 4. The van der Waals surface area contributed by atoms with Crippen LogP contribution in [0.4, 0.5) is 0 Å². The van der Waals surface area contributed by atoms with Gasteiger partial charge in [0.25, 0.3) is 0 Å². The molecule has 0 amide bonds. The van der Waals surface area contributed by atoms with Crippen molar-refractivity contribution in [3.05, 3.63) is 0 Å². The predicted octanol–water partition coefficient (Wildman–Crippen LogP) is 0.743. The second kappa shape index (κ2) is 7.34. The molecule has 0 spiro atoms. The van der Waals surface area contributed by atoms with E-state index < -0.39 is 9.84 Å². The van der Waals surface area contributed by atoms with Gasteiger partial charge in [-0.3, -0.25) is 0 Å². The lowest BCUT2D eigenvalue weighted by Crippen LogP contribution is -2.40. The Kier molecular flexibility index (Phi) is 6.44. The maximum atomic E-state index is 11.2. The second-order valence-corrected chi connectivity index (χ2v) is 7.60. The van der Waals surface area contributed by atoms with Gasteiger partial charge in [-0.05, 0) is 38.4 Å². The molecule has 1 heterocycles. The first kappa shape index (κ1) is 14.9. The number of nitrogens with zero attached hydrogens (tertiary/aromatic N) is 1. The van der Waals surface area contributed by atoms with Crippen molar-refractivity contribution in [2.75, 3.05) is 44.2 Å². The van der Waals surface area contributed by atoms with Gasteiger partial charge in [-0.15, -0.1) is 0 Å². The van der Waals surface area contributed by atoms with E-state index in [1.54, 1.807) is 0 Å². The van der Waals surface area contributed by atoms with Gasteiger partial charge in [0.2, 0.25) is 0 Å². The van der Waals surface area contributed by atoms with Crippen molar-refractivity contribution >= 4 is 9.84 Å². The summed E-state index contributed by atoms with van der Waals surface area (Å²) in [5, 5.41) is 3.42. The predicted molar refractivity (Wildman–Crippen MR) is 72.0 cm³/mol. The Hall–Kier alpha value is -0.130. The molecule has 1 saturated heterocycles. The van der Waals surface area contributed by atoms with Crippen LogP contribution in [0, 0.1) is 5.92 Å². The molecule has 0 radical (unpaired) electrons. The lowest BCUT2D eigenvalue weighted by molar-refractivity contribution is 0.288. The minimum atomic E-state index is -2.72. The second-order valence-electron chi connectivity index (χ2n) is 5.30. The smallest absolute Gasteiger partial charge is 0.152 e. The fraction of sp³-hybridized carbons (Fsp3) is 1.00. The van der Waals surface area contributed by atoms with Crippen molar-refractivity contribution in [3.8, 4) is 0 Å². The first-order valence-corrected chi connectivity index (χ1v) is 8.45. The van der Waals surface area contributed by atoms with E-state index in [1.165, 1.54) is 6.42 Å². The van der Waals surface area contributed by atoms with Gasteiger partial charge in [-0.2, -0.15) is 0 Å². The summed E-state index contributed by atoms with van der Waals surface area (Å²) in [5.74, 6) is 1.40. The number of sulfone groups is 1. The monoisotopic (exact) mass is 262 g/mol. The zero-order valence-electron chi connectivity index (χ0n) is 11.1. The molecule has 0 saturated carbocycles. The summed E-state index contributed by atoms with van der Waals surface area (Å²) in [4.78, 5) is 2.27. The Morgan fingerprint density at radius 2 is 1.82 bits per heavy atom. The zero-order chi connectivity index (χ0) is 12.7. The van der Waals surface area contributed by atoms with Crippen molar-refractivity contribution in [2.45, 2.75) is 26.7 Å². The van der Waals surface area contributed by atoms with Gasteiger partial charge >= 0.3 is 0 Å². The Morgan fingerprint density at radius 3 is 2.41 bits per heavy atom. The first-order chi connectivity index (χ1) is 7.99. The summed E-state index contributed by atoms with van der Waals surface area (Å²) in [7, 11) is -2.72. The molecule has 0 aromatic rings. The molecule has 0 bridgehead atoms. The molecule has 1 aliphatic rings. The van der Waals surface area contributed by atoms with E-state index in [4.69, 9.17) is 0 Å². The summed E-state index contributed by atoms with van der Waals surface area (Å²) in [5.41, 5.74) is 0. The summed E-state index contributed by atoms with van der Waals surface area (Å²) < 4.78 is 22.5. The van der Waals surface area contributed by atoms with Gasteiger partial charge in [0, 0.05) is 13.1 Å². The molecule has 1 rings (SSSR count). The van der Waals surface area contributed by atoms with Crippen molar-refractivity contribution in [1.82, 2.24) is 10.2 Å². The van der Waals surface area contributed by atoms with Crippen LogP contribution >= 0.6 is 0 Å². The van der Waals surface area contributed by atoms with Crippen molar-refractivity contribution in [1.29, 1.82) is 0 Å². The fourth-order valence-electron chi connectivity index (χ4n) is 1.95. The molecule has 17 heavy (non-hydrogen) atoms. The Morgan fingerprint density at radius 1 is 1.18 bits per heavy atom. The number of rotatable bonds is 7. The van der Waals surface area contributed by atoms with E-state index >= 15 is 0 Å². The summed E-state index contributed by atoms with van der Waals surface area (Å²) in [6.07, 6.45) is 2.33. The van der Waals surface area contributed by atoms with Crippen LogP contribution in [0.15, 0.2) is 0 Å². The van der Waals surface area contributed by atoms with Crippen LogP contribution in [0.5, 0.6) is 0 Å². The summed E-state index contributed by atoms with van der Waals surface area (Å²) >= 11 is 0. The third-order valence-corrected chi connectivity index (χ3v) is 4.68. The molecule has 1 fully saturated rings. The first-order valence-electron chi connectivity index (χ1n) is 6.63. The quantitative estimate of drug-likeness (QED) is 0.688. The minimum absolute atomic E-state index is 0.346. The fourth-order valence-corrected chi connectivity index (χ4v) is 3.23. The standard InChI is InChI=1S/C12H26N2O2S/c1-12(2)11-13-5-3-4-6-14-7-9-17(15,16)10-8-14/h12-13H,3-11H2,1-2H3. The van der Waals surface area contributed by atoms with Gasteiger partial charge in [0.05, 0.1) is 11.5 Å². The molecular weight excluding hydrogens is 236 g/mol. The number of unbranched alkanes of at least 4 members (excludes halogenated alkanes) is 1. The van der Waals surface area contributed by atoms with Crippen molar-refractivity contribution < 1.29 is 8.42 Å². The molecule has 102 valence electrons. The molecule has 1 aliphatic heterocycles. The maximum absolute atomic E-state index is 11.2. The average Bonchev–Trinajstić information content (AvgIpc) is 2.25. The van der Waals surface area contributed by atoms with Gasteiger partial charge in [-0.25, -0.2) is 8.42 Å². The van der Waals surface area contributed by atoms with Gasteiger partial charge < -0.3 is 10.2 Å². The van der Waals surface area contributed by atoms with Crippen LogP contribution in [-0.4, -0.2) is 57.5 Å². The molecule has 5 heteroatoms. The average molecular weight is 262 g/mol. The molecule has 0 unspecified atom stereocenters. The SMILES string of the molecule is CC(C)CNCCCCN1CCS(=O)(=O)CC1. The highest BCUT2D eigenvalue weighted by Gasteiger charge is 2.20. The Labute approximate surface area is 106 Å². The van der Waals surface area contributed by atoms with Crippen molar-refractivity contribution in [3.63, 3.8) is 0 Å². The molecule has 0 aromatic carbocycles. The Balaban J connectivity index is 1.97. The van der Waals surface area contributed by atoms with Gasteiger partial charge in [-0.1, -0.05) is 13.8 Å². The normalized spacial score (nSPS) is 20.9. The highest BCUT2D eigenvalue weighted by Crippen LogP contribution is 2.04. The van der Waals surface area contributed by atoms with Crippen LogP contribution < -0.4 is 5.32 Å². The van der Waals surface area contributed by atoms with Crippen LogP contribution in [0.3, 0.4) is 0 Å². The molecular formula is C12H26N2O2S. The van der Waals surface area contributed by atoms with E-state index in [2.05, 4.69) is 24.1 Å². The van der Waals surface area contributed by atoms with Gasteiger partial charge in [0.15, 0.2) is 9.84 Å². The third kappa shape index (κ3) is 7.01. The zero-order valence-corrected chi connectivity index (χ0v) is 11.9. The molecule has 4 nitrogen and oxygen atoms in total. The highest BCUT2D eigenvalue weighted by molar-refractivity contribution is 7.91. The van der Waals surface area contributed by atoms with E-state index in [0.717, 1.165) is 39.1 Å². The molecule has 1 N–H and O–H groups in total. The Bertz CT molecular complexity index is 288. The third-order valence-electron chi connectivity index (χ3n) is 3.07. The van der Waals surface area contributed by atoms with E-state index in [0.29, 0.717) is 17.4 Å². The largest absolute Gasteiger partial charge is 0.316 e.